The van der Waals surface area contributed by atoms with Gasteiger partial charge < -0.3 is 29.2 Å². The largest absolute Gasteiger partial charge is 0.493 e. The van der Waals surface area contributed by atoms with Crippen molar-refractivity contribution in [1.29, 1.82) is 0 Å². The van der Waals surface area contributed by atoms with E-state index in [0.29, 0.717) is 53.6 Å². The number of amides is 1. The molecule has 34 heavy (non-hydrogen) atoms. The van der Waals surface area contributed by atoms with E-state index in [9.17, 15) is 9.90 Å². The van der Waals surface area contributed by atoms with E-state index in [-0.39, 0.29) is 18.0 Å². The molecule has 1 aliphatic rings. The van der Waals surface area contributed by atoms with Gasteiger partial charge in [-0.25, -0.2) is 0 Å². The zero-order chi connectivity index (χ0) is 24.5. The number of halogens is 1. The Morgan fingerprint density at radius 1 is 1.41 bits per heavy atom. The molecule has 0 saturated carbocycles. The molecule has 0 radical (unpaired) electrons. The molecule has 1 aliphatic heterocycles. The number of carbonyl (C=O) groups is 1. The standard InChI is InChI=1S/C24H29ClN4O5/c1-14(30)7-18-12-33-24(2,3)13-29(18)22(31)15-8-19-21(20(9-15)32-4)34-23(28-19)27-11-17-10-16(25)5-6-26-17/h5-6,8-10,14,18,30H,7,11-13H2,1-4H3,(H,27,28). The Morgan fingerprint density at radius 2 is 2.21 bits per heavy atom. The molecule has 4 rings (SSSR count). The first kappa shape index (κ1) is 24.3. The first-order valence-electron chi connectivity index (χ1n) is 11.1. The summed E-state index contributed by atoms with van der Waals surface area (Å²) in [6.07, 6.45) is 1.50. The van der Waals surface area contributed by atoms with Gasteiger partial charge in [0.05, 0.1) is 43.7 Å². The van der Waals surface area contributed by atoms with Gasteiger partial charge in [-0.1, -0.05) is 11.6 Å². The number of methoxy groups -OCH3 is 1. The Hall–Kier alpha value is -2.88. The zero-order valence-electron chi connectivity index (χ0n) is 19.7. The number of hydrogen-bond acceptors (Lipinski definition) is 8. The highest BCUT2D eigenvalue weighted by Gasteiger charge is 2.37. The van der Waals surface area contributed by atoms with Crippen LogP contribution >= 0.6 is 11.6 Å². The summed E-state index contributed by atoms with van der Waals surface area (Å²) in [5.74, 6) is 0.227. The molecule has 0 bridgehead atoms. The van der Waals surface area contributed by atoms with Crippen molar-refractivity contribution >= 4 is 34.6 Å². The van der Waals surface area contributed by atoms with Gasteiger partial charge in [0.15, 0.2) is 11.3 Å². The maximum Gasteiger partial charge on any atom is 0.296 e. The van der Waals surface area contributed by atoms with Crippen molar-refractivity contribution in [1.82, 2.24) is 14.9 Å². The Labute approximate surface area is 203 Å². The van der Waals surface area contributed by atoms with Crippen LogP contribution in [0, 0.1) is 0 Å². The molecule has 1 saturated heterocycles. The number of nitrogens with zero attached hydrogens (tertiary/aromatic N) is 3. The second kappa shape index (κ2) is 9.77. The molecule has 2 N–H and O–H groups in total. The quantitative estimate of drug-likeness (QED) is 0.515. The normalized spacial score (nSPS) is 18.6. The first-order valence-corrected chi connectivity index (χ1v) is 11.5. The lowest BCUT2D eigenvalue weighted by Crippen LogP contribution is -2.56. The van der Waals surface area contributed by atoms with Crippen LogP contribution in [0.4, 0.5) is 6.01 Å². The van der Waals surface area contributed by atoms with Crippen molar-refractivity contribution in [3.8, 4) is 5.75 Å². The number of hydrogen-bond donors (Lipinski definition) is 2. The van der Waals surface area contributed by atoms with Crippen molar-refractivity contribution in [2.24, 2.45) is 0 Å². The number of carbonyl (C=O) groups excluding carboxylic acids is 1. The summed E-state index contributed by atoms with van der Waals surface area (Å²) in [6, 6.07) is 6.84. The van der Waals surface area contributed by atoms with Crippen LogP contribution in [0.1, 0.15) is 43.2 Å². The number of anilines is 1. The second-order valence-corrected chi connectivity index (χ2v) is 9.54. The number of aliphatic hydroxyl groups excluding tert-OH is 1. The predicted molar refractivity (Wildman–Crippen MR) is 128 cm³/mol. The molecular weight excluding hydrogens is 460 g/mol. The van der Waals surface area contributed by atoms with E-state index in [1.54, 1.807) is 42.3 Å². The first-order chi connectivity index (χ1) is 16.1. The number of fused-ring (bicyclic) bond motifs is 1. The summed E-state index contributed by atoms with van der Waals surface area (Å²) in [5.41, 5.74) is 1.59. The van der Waals surface area contributed by atoms with Crippen LogP contribution < -0.4 is 10.1 Å². The SMILES string of the molecule is COc1cc(C(=O)N2CC(C)(C)OCC2CC(C)O)cc2nc(NCc3cc(Cl)ccn3)oc12. The fourth-order valence-electron chi connectivity index (χ4n) is 4.05. The van der Waals surface area contributed by atoms with E-state index < -0.39 is 11.7 Å². The molecule has 182 valence electrons. The molecule has 1 aromatic carbocycles. The van der Waals surface area contributed by atoms with Crippen LogP contribution in [0.25, 0.3) is 11.1 Å². The van der Waals surface area contributed by atoms with Gasteiger partial charge in [-0.2, -0.15) is 4.98 Å². The summed E-state index contributed by atoms with van der Waals surface area (Å²) in [4.78, 5) is 24.1. The average molecular weight is 489 g/mol. The molecule has 3 heterocycles. The number of rotatable bonds is 7. The fourth-order valence-corrected chi connectivity index (χ4v) is 4.24. The molecule has 9 nitrogen and oxygen atoms in total. The summed E-state index contributed by atoms with van der Waals surface area (Å²) in [6.45, 7) is 6.73. The van der Waals surface area contributed by atoms with Gasteiger partial charge in [0, 0.05) is 23.3 Å². The van der Waals surface area contributed by atoms with E-state index in [4.69, 9.17) is 25.5 Å². The average Bonchev–Trinajstić information content (AvgIpc) is 3.20. The van der Waals surface area contributed by atoms with Gasteiger partial charge in [0.2, 0.25) is 0 Å². The lowest BCUT2D eigenvalue weighted by Gasteiger charge is -2.44. The van der Waals surface area contributed by atoms with E-state index in [0.717, 1.165) is 5.69 Å². The molecule has 2 atom stereocenters. The van der Waals surface area contributed by atoms with Crippen molar-refractivity contribution in [3.05, 3.63) is 46.7 Å². The van der Waals surface area contributed by atoms with Gasteiger partial charge in [-0.3, -0.25) is 9.78 Å². The minimum absolute atomic E-state index is 0.178. The fraction of sp³-hybridized carbons (Fsp3) is 0.458. The van der Waals surface area contributed by atoms with Crippen LogP contribution in [-0.4, -0.2) is 63.9 Å². The number of aromatic nitrogens is 2. The summed E-state index contributed by atoms with van der Waals surface area (Å²) >= 11 is 6.02. The van der Waals surface area contributed by atoms with Crippen molar-refractivity contribution in [3.63, 3.8) is 0 Å². The smallest absolute Gasteiger partial charge is 0.296 e. The van der Waals surface area contributed by atoms with Gasteiger partial charge in [-0.15, -0.1) is 0 Å². The zero-order valence-corrected chi connectivity index (χ0v) is 20.4. The summed E-state index contributed by atoms with van der Waals surface area (Å²) < 4.78 is 17.3. The van der Waals surface area contributed by atoms with E-state index >= 15 is 0 Å². The third kappa shape index (κ3) is 5.43. The van der Waals surface area contributed by atoms with Gasteiger partial charge in [-0.05, 0) is 51.5 Å². The summed E-state index contributed by atoms with van der Waals surface area (Å²) in [7, 11) is 1.52. The molecule has 3 aromatic rings. The van der Waals surface area contributed by atoms with Crippen molar-refractivity contribution in [2.75, 3.05) is 25.6 Å². The van der Waals surface area contributed by atoms with E-state index in [1.165, 1.54) is 7.11 Å². The van der Waals surface area contributed by atoms with Crippen molar-refractivity contribution < 1.29 is 23.8 Å². The lowest BCUT2D eigenvalue weighted by atomic mass is 9.99. The number of morpholine rings is 1. The highest BCUT2D eigenvalue weighted by molar-refractivity contribution is 6.30. The van der Waals surface area contributed by atoms with E-state index in [1.807, 2.05) is 13.8 Å². The number of oxazole rings is 1. The number of ether oxygens (including phenoxy) is 2. The minimum atomic E-state index is -0.555. The number of aliphatic hydroxyl groups is 1. The van der Waals surface area contributed by atoms with Crippen LogP contribution in [0.2, 0.25) is 5.02 Å². The third-order valence-corrected chi connectivity index (χ3v) is 5.89. The van der Waals surface area contributed by atoms with Crippen LogP contribution in [0.15, 0.2) is 34.9 Å². The highest BCUT2D eigenvalue weighted by atomic mass is 35.5. The van der Waals surface area contributed by atoms with Gasteiger partial charge in [0.1, 0.15) is 5.52 Å². The predicted octanol–water partition coefficient (Wildman–Crippen LogP) is 3.89. The third-order valence-electron chi connectivity index (χ3n) is 5.65. The monoisotopic (exact) mass is 488 g/mol. The van der Waals surface area contributed by atoms with Gasteiger partial charge >= 0.3 is 0 Å². The minimum Gasteiger partial charge on any atom is -0.493 e. The molecule has 0 spiro atoms. The lowest BCUT2D eigenvalue weighted by molar-refractivity contribution is -0.108. The molecule has 1 fully saturated rings. The van der Waals surface area contributed by atoms with Crippen LogP contribution in [-0.2, 0) is 11.3 Å². The molecular formula is C24H29ClN4O5. The number of benzene rings is 1. The maximum absolute atomic E-state index is 13.6. The van der Waals surface area contributed by atoms with Crippen LogP contribution in [0.5, 0.6) is 5.75 Å². The van der Waals surface area contributed by atoms with Crippen molar-refractivity contribution in [2.45, 2.75) is 51.5 Å². The molecule has 10 heteroatoms. The van der Waals surface area contributed by atoms with Gasteiger partial charge in [0.25, 0.3) is 11.9 Å². The molecule has 0 aliphatic carbocycles. The Kier molecular flexibility index (Phi) is 6.97. The second-order valence-electron chi connectivity index (χ2n) is 9.11. The van der Waals surface area contributed by atoms with Crippen LogP contribution in [0.3, 0.4) is 0 Å². The number of nitrogens with one attached hydrogen (secondary N) is 1. The highest BCUT2D eigenvalue weighted by Crippen LogP contribution is 2.32. The topological polar surface area (TPSA) is 110 Å². The maximum atomic E-state index is 13.6. The molecule has 2 aromatic heterocycles. The molecule has 1 amide bonds. The Balaban J connectivity index is 1.61. The number of pyridine rings is 1. The van der Waals surface area contributed by atoms with E-state index in [2.05, 4.69) is 15.3 Å². The summed E-state index contributed by atoms with van der Waals surface area (Å²) in [5, 5.41) is 13.6. The Morgan fingerprint density at radius 3 is 2.91 bits per heavy atom. The molecule has 2 unspecified atom stereocenters. The Bertz CT molecular complexity index is 1180.